The molecule has 140 valence electrons. The number of pyridine rings is 1. The lowest BCUT2D eigenvalue weighted by Gasteiger charge is -2.18. The van der Waals surface area contributed by atoms with E-state index < -0.39 is 12.2 Å². The summed E-state index contributed by atoms with van der Waals surface area (Å²) in [6, 6.07) is 17.1. The number of carbonyl (C=O) groups excluding carboxylic acids is 1. The van der Waals surface area contributed by atoms with Crippen molar-refractivity contribution in [3.05, 3.63) is 71.4 Å². The van der Waals surface area contributed by atoms with E-state index in [1.807, 2.05) is 48.5 Å². The predicted octanol–water partition coefficient (Wildman–Crippen LogP) is 3.07. The van der Waals surface area contributed by atoms with Gasteiger partial charge >= 0.3 is 0 Å². The number of carbonyl (C=O) groups is 1. The van der Waals surface area contributed by atoms with Gasteiger partial charge in [-0.1, -0.05) is 48.5 Å². The van der Waals surface area contributed by atoms with Crippen molar-refractivity contribution in [3.8, 4) is 5.75 Å². The van der Waals surface area contributed by atoms with Gasteiger partial charge in [0, 0.05) is 31.6 Å². The van der Waals surface area contributed by atoms with Crippen LogP contribution >= 0.6 is 0 Å². The zero-order chi connectivity index (χ0) is 19.2. The van der Waals surface area contributed by atoms with Crippen LogP contribution in [0.4, 0.5) is 0 Å². The fraction of sp³-hybridized carbons (Fsp3) is 0.238. The third-order valence-corrected chi connectivity index (χ3v) is 4.29. The fourth-order valence-corrected chi connectivity index (χ4v) is 2.84. The molecule has 0 aliphatic heterocycles. The van der Waals surface area contributed by atoms with Gasteiger partial charge in [-0.3, -0.25) is 4.79 Å². The second-order valence-electron chi connectivity index (χ2n) is 6.07. The molecule has 0 saturated heterocycles. The number of amides is 1. The number of hydrogen-bond donors (Lipinski definition) is 1. The van der Waals surface area contributed by atoms with Crippen LogP contribution in [-0.2, 0) is 22.5 Å². The standard InChI is InChI=1S/C21H22N2O4/c1-25-18(26-2)12-16-9-8-15-10-11-17(21(22)24)23-19(15)20(16)27-13-14-6-4-3-5-7-14/h3-11,18H,12-13H2,1-2H3,(H2,22,24). The molecule has 1 heterocycles. The van der Waals surface area contributed by atoms with E-state index in [-0.39, 0.29) is 5.69 Å². The number of nitrogens with zero attached hydrogens (tertiary/aromatic N) is 1. The number of methoxy groups -OCH3 is 2. The van der Waals surface area contributed by atoms with Crippen LogP contribution in [-0.4, -0.2) is 31.4 Å². The van der Waals surface area contributed by atoms with Gasteiger partial charge in [0.2, 0.25) is 0 Å². The van der Waals surface area contributed by atoms with Gasteiger partial charge < -0.3 is 19.9 Å². The molecule has 0 unspecified atom stereocenters. The first-order chi connectivity index (χ1) is 13.1. The van der Waals surface area contributed by atoms with Gasteiger partial charge in [-0.25, -0.2) is 4.98 Å². The van der Waals surface area contributed by atoms with Crippen molar-refractivity contribution in [2.45, 2.75) is 19.3 Å². The van der Waals surface area contributed by atoms with Crippen LogP contribution in [0, 0.1) is 0 Å². The van der Waals surface area contributed by atoms with Gasteiger partial charge in [0.05, 0.1) is 0 Å². The van der Waals surface area contributed by atoms with Crippen molar-refractivity contribution in [3.63, 3.8) is 0 Å². The van der Waals surface area contributed by atoms with Crippen LogP contribution in [0.5, 0.6) is 5.75 Å². The number of ether oxygens (including phenoxy) is 3. The van der Waals surface area contributed by atoms with Gasteiger partial charge in [-0.15, -0.1) is 0 Å². The Kier molecular flexibility index (Phi) is 6.01. The number of fused-ring (bicyclic) bond motifs is 1. The lowest BCUT2D eigenvalue weighted by Crippen LogP contribution is -2.17. The molecular weight excluding hydrogens is 344 g/mol. The highest BCUT2D eigenvalue weighted by Gasteiger charge is 2.17. The third-order valence-electron chi connectivity index (χ3n) is 4.29. The molecule has 0 aliphatic carbocycles. The van der Waals surface area contributed by atoms with E-state index in [2.05, 4.69) is 4.98 Å². The third kappa shape index (κ3) is 4.42. The molecule has 27 heavy (non-hydrogen) atoms. The molecule has 0 aliphatic rings. The topological polar surface area (TPSA) is 83.7 Å². The van der Waals surface area contributed by atoms with Crippen LogP contribution in [0.1, 0.15) is 21.6 Å². The average Bonchev–Trinajstić information content (AvgIpc) is 2.71. The lowest BCUT2D eigenvalue weighted by molar-refractivity contribution is -0.100. The van der Waals surface area contributed by atoms with Crippen LogP contribution in [0.25, 0.3) is 10.9 Å². The summed E-state index contributed by atoms with van der Waals surface area (Å²) in [5, 5.41) is 0.859. The SMILES string of the molecule is COC(Cc1ccc2ccc(C(N)=O)nc2c1OCc1ccccc1)OC. The number of hydrogen-bond acceptors (Lipinski definition) is 5. The molecule has 1 amide bonds. The molecule has 3 rings (SSSR count). The van der Waals surface area contributed by atoms with Crippen LogP contribution < -0.4 is 10.5 Å². The van der Waals surface area contributed by atoms with E-state index in [0.717, 1.165) is 16.5 Å². The maximum absolute atomic E-state index is 11.6. The Labute approximate surface area is 157 Å². The Hall–Kier alpha value is -2.96. The molecular formula is C21H22N2O4. The van der Waals surface area contributed by atoms with Gasteiger partial charge in [0.25, 0.3) is 5.91 Å². The summed E-state index contributed by atoms with van der Waals surface area (Å²) in [5.74, 6) is 0.0153. The zero-order valence-corrected chi connectivity index (χ0v) is 15.3. The highest BCUT2D eigenvalue weighted by Crippen LogP contribution is 2.31. The van der Waals surface area contributed by atoms with Gasteiger partial charge in [0.1, 0.15) is 23.6 Å². The smallest absolute Gasteiger partial charge is 0.267 e. The van der Waals surface area contributed by atoms with Crippen LogP contribution in [0.15, 0.2) is 54.6 Å². The molecule has 0 radical (unpaired) electrons. The summed E-state index contributed by atoms with van der Waals surface area (Å²) in [5.41, 5.74) is 8.09. The Morgan fingerprint density at radius 2 is 1.74 bits per heavy atom. The summed E-state index contributed by atoms with van der Waals surface area (Å²) in [6.07, 6.45) is 0.0658. The van der Waals surface area contributed by atoms with Gasteiger partial charge in [-0.05, 0) is 11.6 Å². The molecule has 0 spiro atoms. The minimum absolute atomic E-state index is 0.194. The maximum atomic E-state index is 11.6. The molecule has 6 nitrogen and oxygen atoms in total. The van der Waals surface area contributed by atoms with Crippen LogP contribution in [0.2, 0.25) is 0 Å². The van der Waals surface area contributed by atoms with E-state index in [0.29, 0.717) is 24.3 Å². The quantitative estimate of drug-likeness (QED) is 0.620. The van der Waals surface area contributed by atoms with E-state index >= 15 is 0 Å². The summed E-state index contributed by atoms with van der Waals surface area (Å²) < 4.78 is 16.8. The van der Waals surface area contributed by atoms with Crippen molar-refractivity contribution in [2.75, 3.05) is 14.2 Å². The van der Waals surface area contributed by atoms with E-state index in [4.69, 9.17) is 19.9 Å². The normalized spacial score (nSPS) is 11.1. The number of aromatic nitrogens is 1. The minimum atomic E-state index is -0.581. The molecule has 0 atom stereocenters. The lowest BCUT2D eigenvalue weighted by atomic mass is 10.1. The molecule has 1 aromatic heterocycles. The van der Waals surface area contributed by atoms with Crippen LogP contribution in [0.3, 0.4) is 0 Å². The second-order valence-corrected chi connectivity index (χ2v) is 6.07. The fourth-order valence-electron chi connectivity index (χ4n) is 2.84. The second kappa shape index (κ2) is 8.62. The molecule has 6 heteroatoms. The molecule has 2 N–H and O–H groups in total. The molecule has 0 saturated carbocycles. The predicted molar refractivity (Wildman–Crippen MR) is 103 cm³/mol. The summed E-state index contributed by atoms with van der Waals surface area (Å²) in [4.78, 5) is 16.0. The first-order valence-corrected chi connectivity index (χ1v) is 8.57. The summed E-state index contributed by atoms with van der Waals surface area (Å²) in [7, 11) is 3.17. The monoisotopic (exact) mass is 366 g/mol. The Morgan fingerprint density at radius 1 is 1.04 bits per heavy atom. The van der Waals surface area contributed by atoms with Crippen molar-refractivity contribution in [1.82, 2.24) is 4.98 Å². The average molecular weight is 366 g/mol. The molecule has 3 aromatic rings. The van der Waals surface area contributed by atoms with E-state index in [1.54, 1.807) is 20.3 Å². The number of benzene rings is 2. The van der Waals surface area contributed by atoms with Gasteiger partial charge in [-0.2, -0.15) is 0 Å². The molecule has 2 aromatic carbocycles. The molecule has 0 fully saturated rings. The van der Waals surface area contributed by atoms with Gasteiger partial charge in [0.15, 0.2) is 6.29 Å². The zero-order valence-electron chi connectivity index (χ0n) is 15.3. The Morgan fingerprint density at radius 3 is 2.41 bits per heavy atom. The first-order valence-electron chi connectivity index (χ1n) is 8.57. The summed E-state index contributed by atoms with van der Waals surface area (Å²) in [6.45, 7) is 0.375. The first kappa shape index (κ1) is 18.8. The number of nitrogens with two attached hydrogens (primary N) is 1. The van der Waals surface area contributed by atoms with Crippen molar-refractivity contribution in [1.29, 1.82) is 0 Å². The summed E-state index contributed by atoms with van der Waals surface area (Å²) >= 11 is 0. The maximum Gasteiger partial charge on any atom is 0.267 e. The number of rotatable bonds is 8. The minimum Gasteiger partial charge on any atom is -0.486 e. The molecule has 0 bridgehead atoms. The van der Waals surface area contributed by atoms with Crippen molar-refractivity contribution < 1.29 is 19.0 Å². The van der Waals surface area contributed by atoms with Crippen molar-refractivity contribution >= 4 is 16.8 Å². The number of primary amides is 1. The largest absolute Gasteiger partial charge is 0.486 e. The Balaban J connectivity index is 2.04. The highest BCUT2D eigenvalue weighted by molar-refractivity contribution is 5.95. The van der Waals surface area contributed by atoms with Crippen molar-refractivity contribution in [2.24, 2.45) is 5.73 Å². The highest BCUT2D eigenvalue weighted by atomic mass is 16.7. The van der Waals surface area contributed by atoms with E-state index in [9.17, 15) is 4.79 Å². The van der Waals surface area contributed by atoms with E-state index in [1.165, 1.54) is 0 Å². The Bertz CT molecular complexity index is 924.